The second-order valence-corrected chi connectivity index (χ2v) is 5.75. The summed E-state index contributed by atoms with van der Waals surface area (Å²) in [5.41, 5.74) is -0.0515. The van der Waals surface area contributed by atoms with Crippen LogP contribution in [0.25, 0.3) is 0 Å². The van der Waals surface area contributed by atoms with Gasteiger partial charge in [-0.25, -0.2) is 0 Å². The number of amides is 1. The van der Waals surface area contributed by atoms with Crippen LogP contribution in [0.5, 0.6) is 0 Å². The summed E-state index contributed by atoms with van der Waals surface area (Å²) in [6, 6.07) is 4.92. The predicted octanol–water partition coefficient (Wildman–Crippen LogP) is 1.23. The van der Waals surface area contributed by atoms with Gasteiger partial charge in [0.15, 0.2) is 5.11 Å². The third-order valence-electron chi connectivity index (χ3n) is 2.79. The lowest BCUT2D eigenvalue weighted by Gasteiger charge is -2.13. The topological polar surface area (TPSA) is 101 Å². The smallest absolute Gasteiger partial charge is 0.270 e. The van der Waals surface area contributed by atoms with Crippen LogP contribution in [0.3, 0.4) is 0 Å². The van der Waals surface area contributed by atoms with Crippen LogP contribution < -0.4 is 10.6 Å². The molecule has 1 aromatic rings. The van der Waals surface area contributed by atoms with Gasteiger partial charge in [0.25, 0.3) is 11.6 Å². The van der Waals surface area contributed by atoms with Crippen LogP contribution in [-0.2, 0) is 4.79 Å². The van der Waals surface area contributed by atoms with E-state index in [9.17, 15) is 19.7 Å². The Labute approximate surface area is 129 Å². The molecule has 21 heavy (non-hydrogen) atoms. The first-order chi connectivity index (χ1) is 9.97. The number of thiocarbonyl (C=S) groups is 1. The van der Waals surface area contributed by atoms with Crippen molar-refractivity contribution in [1.29, 1.82) is 0 Å². The van der Waals surface area contributed by atoms with Crippen LogP contribution in [0.4, 0.5) is 5.69 Å². The molecule has 1 fully saturated rings. The summed E-state index contributed by atoms with van der Waals surface area (Å²) in [6.07, 6.45) is 0.649. The van der Waals surface area contributed by atoms with E-state index >= 15 is 0 Å². The average Bonchev–Trinajstić information content (AvgIpc) is 2.84. The molecule has 1 aliphatic rings. The summed E-state index contributed by atoms with van der Waals surface area (Å²) < 4.78 is 0. The summed E-state index contributed by atoms with van der Waals surface area (Å²) in [7, 11) is 0. The number of hydrogen-bond donors (Lipinski definition) is 2. The average molecular weight is 325 g/mol. The van der Waals surface area contributed by atoms with Gasteiger partial charge in [-0.1, -0.05) is 17.8 Å². The molecule has 9 heteroatoms. The van der Waals surface area contributed by atoms with Crippen molar-refractivity contribution >= 4 is 45.8 Å². The van der Waals surface area contributed by atoms with Crippen LogP contribution in [-0.4, -0.2) is 32.9 Å². The Kier molecular flexibility index (Phi) is 4.86. The van der Waals surface area contributed by atoms with Crippen LogP contribution in [0.1, 0.15) is 16.8 Å². The van der Waals surface area contributed by atoms with Gasteiger partial charge in [-0.05, 0) is 24.7 Å². The number of carbonyl (C=O) groups is 2. The zero-order chi connectivity index (χ0) is 15.4. The van der Waals surface area contributed by atoms with Crippen molar-refractivity contribution in [3.05, 3.63) is 39.9 Å². The molecular formula is C12H11N3O4S2. The van der Waals surface area contributed by atoms with Crippen LogP contribution in [0.15, 0.2) is 24.3 Å². The number of carbonyl (C=O) groups excluding carboxylic acids is 2. The highest BCUT2D eigenvalue weighted by Crippen LogP contribution is 2.19. The van der Waals surface area contributed by atoms with Gasteiger partial charge >= 0.3 is 0 Å². The van der Waals surface area contributed by atoms with E-state index in [1.165, 1.54) is 30.0 Å². The van der Waals surface area contributed by atoms with Crippen molar-refractivity contribution in [2.75, 3.05) is 5.75 Å². The standard InChI is InChI=1S/C12H11N3O4S2/c16-10(7-2-1-3-8(6-7)15(18)19)14-12(20)13-9-4-5-21-11(9)17/h1-3,6,9H,4-5H2,(H2,13,14,16,20). The van der Waals surface area contributed by atoms with E-state index in [0.29, 0.717) is 6.42 Å². The Bertz CT molecular complexity index is 620. The maximum atomic E-state index is 11.9. The van der Waals surface area contributed by atoms with Gasteiger partial charge in [0.05, 0.1) is 11.0 Å². The summed E-state index contributed by atoms with van der Waals surface area (Å²) in [5.74, 6) is 0.159. The molecule has 1 aromatic carbocycles. The summed E-state index contributed by atoms with van der Waals surface area (Å²) in [4.78, 5) is 33.5. The number of nitro groups is 1. The molecule has 1 heterocycles. The molecule has 2 rings (SSSR count). The van der Waals surface area contributed by atoms with E-state index in [0.717, 1.165) is 11.8 Å². The fraction of sp³-hybridized carbons (Fsp3) is 0.250. The third kappa shape index (κ3) is 3.99. The van der Waals surface area contributed by atoms with Crippen molar-refractivity contribution < 1.29 is 14.5 Å². The van der Waals surface area contributed by atoms with E-state index in [1.54, 1.807) is 0 Å². The maximum Gasteiger partial charge on any atom is 0.270 e. The van der Waals surface area contributed by atoms with E-state index in [2.05, 4.69) is 10.6 Å². The Morgan fingerprint density at radius 1 is 1.48 bits per heavy atom. The molecule has 0 bridgehead atoms. The lowest BCUT2D eigenvalue weighted by atomic mass is 10.2. The first-order valence-corrected chi connectivity index (χ1v) is 7.39. The number of rotatable bonds is 3. The van der Waals surface area contributed by atoms with Crippen molar-refractivity contribution in [3.8, 4) is 0 Å². The van der Waals surface area contributed by atoms with Gasteiger partial charge in [0, 0.05) is 23.4 Å². The SMILES string of the molecule is O=C(NC(=S)NC1CCSC1=O)c1cccc([N+](=O)[O-])c1. The highest BCUT2D eigenvalue weighted by molar-refractivity contribution is 8.14. The van der Waals surface area contributed by atoms with E-state index in [-0.39, 0.29) is 21.5 Å². The molecule has 7 nitrogen and oxygen atoms in total. The number of nitro benzene ring substituents is 1. The fourth-order valence-electron chi connectivity index (χ4n) is 1.76. The molecule has 1 amide bonds. The van der Waals surface area contributed by atoms with Gasteiger partial charge in [0.1, 0.15) is 0 Å². The molecule has 2 N–H and O–H groups in total. The van der Waals surface area contributed by atoms with Gasteiger partial charge in [-0.15, -0.1) is 0 Å². The molecule has 0 radical (unpaired) electrons. The van der Waals surface area contributed by atoms with Gasteiger partial charge in [0.2, 0.25) is 5.12 Å². The number of hydrogen-bond acceptors (Lipinski definition) is 6. The van der Waals surface area contributed by atoms with E-state index < -0.39 is 16.9 Å². The first kappa shape index (κ1) is 15.4. The second kappa shape index (κ2) is 6.64. The lowest BCUT2D eigenvalue weighted by molar-refractivity contribution is -0.384. The molecule has 0 aromatic heterocycles. The number of thioether (sulfide) groups is 1. The molecule has 1 aliphatic heterocycles. The number of benzene rings is 1. The monoisotopic (exact) mass is 325 g/mol. The highest BCUT2D eigenvalue weighted by Gasteiger charge is 2.26. The van der Waals surface area contributed by atoms with Gasteiger partial charge < -0.3 is 5.32 Å². The van der Waals surface area contributed by atoms with E-state index in [1.807, 2.05) is 0 Å². The van der Waals surface area contributed by atoms with E-state index in [4.69, 9.17) is 12.2 Å². The third-order valence-corrected chi connectivity index (χ3v) is 4.02. The van der Waals surface area contributed by atoms with Crippen molar-refractivity contribution in [2.24, 2.45) is 0 Å². The Morgan fingerprint density at radius 3 is 2.86 bits per heavy atom. The number of nitrogens with one attached hydrogen (secondary N) is 2. The summed E-state index contributed by atoms with van der Waals surface area (Å²) in [5, 5.41) is 15.9. The zero-order valence-corrected chi connectivity index (χ0v) is 12.3. The minimum absolute atomic E-state index is 0.0121. The Balaban J connectivity index is 1.97. The van der Waals surface area contributed by atoms with Gasteiger partial charge in [-0.2, -0.15) is 0 Å². The Morgan fingerprint density at radius 2 is 2.24 bits per heavy atom. The Hall–Kier alpha value is -2.00. The van der Waals surface area contributed by atoms with Crippen molar-refractivity contribution in [2.45, 2.75) is 12.5 Å². The summed E-state index contributed by atoms with van der Waals surface area (Å²) >= 11 is 6.18. The molecule has 1 unspecified atom stereocenters. The maximum absolute atomic E-state index is 11.9. The predicted molar refractivity (Wildman–Crippen MR) is 82.2 cm³/mol. The quantitative estimate of drug-likeness (QED) is 0.489. The normalized spacial score (nSPS) is 17.3. The minimum atomic E-state index is -0.582. The van der Waals surface area contributed by atoms with Crippen LogP contribution in [0, 0.1) is 10.1 Å². The molecule has 110 valence electrons. The molecule has 0 spiro atoms. The van der Waals surface area contributed by atoms with Gasteiger partial charge in [-0.3, -0.25) is 25.0 Å². The number of nitrogens with zero attached hydrogens (tertiary/aromatic N) is 1. The first-order valence-electron chi connectivity index (χ1n) is 6.00. The fourth-order valence-corrected chi connectivity index (χ4v) is 2.92. The lowest BCUT2D eigenvalue weighted by Crippen LogP contribution is -2.45. The largest absolute Gasteiger partial charge is 0.352 e. The molecule has 0 saturated carbocycles. The molecule has 1 saturated heterocycles. The van der Waals surface area contributed by atoms with Crippen molar-refractivity contribution in [1.82, 2.24) is 10.6 Å². The highest BCUT2D eigenvalue weighted by atomic mass is 32.2. The minimum Gasteiger partial charge on any atom is -0.352 e. The summed E-state index contributed by atoms with van der Waals surface area (Å²) in [6.45, 7) is 0. The van der Waals surface area contributed by atoms with Crippen molar-refractivity contribution in [3.63, 3.8) is 0 Å². The van der Waals surface area contributed by atoms with Crippen LogP contribution in [0.2, 0.25) is 0 Å². The zero-order valence-electron chi connectivity index (χ0n) is 10.7. The molecule has 0 aliphatic carbocycles. The van der Waals surface area contributed by atoms with Crippen LogP contribution >= 0.6 is 24.0 Å². The molecule has 1 atom stereocenters. The molecular weight excluding hydrogens is 314 g/mol. The second-order valence-electron chi connectivity index (χ2n) is 4.24. The number of non-ortho nitro benzene ring substituents is 1.